The van der Waals surface area contributed by atoms with Crippen LogP contribution in [-0.4, -0.2) is 20.7 Å². The second-order valence-electron chi connectivity index (χ2n) is 6.40. The first-order valence-corrected chi connectivity index (χ1v) is 9.84. The minimum atomic E-state index is 0.594. The zero-order valence-electron chi connectivity index (χ0n) is 15.0. The molecule has 136 valence electrons. The lowest BCUT2D eigenvalue weighted by molar-refractivity contribution is 1.09. The zero-order valence-corrected chi connectivity index (χ0v) is 15.8. The van der Waals surface area contributed by atoms with Crippen molar-refractivity contribution in [3.63, 3.8) is 0 Å². The van der Waals surface area contributed by atoms with Crippen LogP contribution in [0.25, 0.3) is 21.3 Å². The van der Waals surface area contributed by atoms with Crippen LogP contribution in [0.1, 0.15) is 11.4 Å². The van der Waals surface area contributed by atoms with Crippen LogP contribution in [0.4, 0.5) is 5.13 Å². The van der Waals surface area contributed by atoms with Crippen molar-refractivity contribution in [3.8, 4) is 0 Å². The van der Waals surface area contributed by atoms with Crippen LogP contribution in [0.3, 0.4) is 0 Å². The third kappa shape index (κ3) is 3.37. The largest absolute Gasteiger partial charge is 0.342 e. The highest BCUT2D eigenvalue weighted by molar-refractivity contribution is 7.22. The summed E-state index contributed by atoms with van der Waals surface area (Å²) < 4.78 is 1.14. The summed E-state index contributed by atoms with van der Waals surface area (Å²) in [6.45, 7) is 0. The molecule has 5 aromatic rings. The quantitative estimate of drug-likeness (QED) is 0.322. The molecule has 0 saturated carbocycles. The molecule has 0 bridgehead atoms. The molecule has 0 amide bonds. The number of nitrogens with zero attached hydrogens (tertiary/aromatic N) is 3. The van der Waals surface area contributed by atoms with Gasteiger partial charge in [-0.1, -0.05) is 65.9 Å². The van der Waals surface area contributed by atoms with Crippen molar-refractivity contribution >= 4 is 43.4 Å². The Morgan fingerprint density at radius 2 is 1.61 bits per heavy atom. The molecule has 0 spiro atoms. The summed E-state index contributed by atoms with van der Waals surface area (Å²) in [6.07, 6.45) is 0.594. The maximum absolute atomic E-state index is 4.69. The third-order valence-electron chi connectivity index (χ3n) is 4.46. The van der Waals surface area contributed by atoms with Crippen LogP contribution >= 0.6 is 11.3 Å². The van der Waals surface area contributed by atoms with E-state index in [9.17, 15) is 0 Å². The molecule has 2 heterocycles. The molecule has 5 nitrogen and oxygen atoms in total. The predicted octanol–water partition coefficient (Wildman–Crippen LogP) is 5.23. The Balaban J connectivity index is 1.47. The van der Waals surface area contributed by atoms with Crippen molar-refractivity contribution in [1.82, 2.24) is 15.0 Å². The SMILES string of the molecule is c1ccc(/C(Cc2nc3ccccc3[nH]2)=N/Nc2nc3ccccc3s2)cc1. The molecule has 0 radical (unpaired) electrons. The number of H-pyrrole nitrogens is 1. The second-order valence-corrected chi connectivity index (χ2v) is 7.43. The summed E-state index contributed by atoms with van der Waals surface area (Å²) in [5.41, 5.74) is 8.06. The lowest BCUT2D eigenvalue weighted by Crippen LogP contribution is -2.09. The molecule has 0 aliphatic carbocycles. The minimum Gasteiger partial charge on any atom is -0.342 e. The summed E-state index contributed by atoms with van der Waals surface area (Å²) in [5, 5.41) is 5.46. The first-order valence-electron chi connectivity index (χ1n) is 9.02. The molecule has 0 aliphatic rings. The van der Waals surface area contributed by atoms with Gasteiger partial charge in [0.1, 0.15) is 5.82 Å². The Bertz CT molecular complexity index is 1200. The molecule has 2 aromatic heterocycles. The fourth-order valence-electron chi connectivity index (χ4n) is 3.12. The number of anilines is 1. The first kappa shape index (κ1) is 16.6. The van der Waals surface area contributed by atoms with Crippen molar-refractivity contribution in [2.45, 2.75) is 6.42 Å². The predicted molar refractivity (Wildman–Crippen MR) is 116 cm³/mol. The van der Waals surface area contributed by atoms with Gasteiger partial charge < -0.3 is 4.98 Å². The number of aromatic amines is 1. The molecular formula is C22H17N5S. The van der Waals surface area contributed by atoms with E-state index < -0.39 is 0 Å². The average molecular weight is 383 g/mol. The van der Waals surface area contributed by atoms with E-state index in [4.69, 9.17) is 4.98 Å². The number of aromatic nitrogens is 3. The van der Waals surface area contributed by atoms with Gasteiger partial charge in [-0.15, -0.1) is 0 Å². The summed E-state index contributed by atoms with van der Waals surface area (Å²) in [4.78, 5) is 12.7. The monoisotopic (exact) mass is 383 g/mol. The van der Waals surface area contributed by atoms with Crippen LogP contribution < -0.4 is 5.43 Å². The molecule has 0 aliphatic heterocycles. The van der Waals surface area contributed by atoms with Gasteiger partial charge in [-0.25, -0.2) is 9.97 Å². The normalized spacial score (nSPS) is 11.9. The van der Waals surface area contributed by atoms with Crippen LogP contribution in [0.15, 0.2) is 84.0 Å². The Hall–Kier alpha value is -3.51. The second kappa shape index (κ2) is 7.25. The first-order chi connectivity index (χ1) is 13.8. The lowest BCUT2D eigenvalue weighted by Gasteiger charge is -2.05. The number of thiazole rings is 1. The molecule has 2 N–H and O–H groups in total. The number of rotatable bonds is 5. The zero-order chi connectivity index (χ0) is 18.8. The number of benzene rings is 3. The molecule has 0 atom stereocenters. The molecule has 0 saturated heterocycles. The number of imidazole rings is 1. The standard InChI is InChI=1S/C22H17N5S/c1-2-8-15(9-3-1)19(14-21-23-16-10-4-5-11-17(16)24-21)26-27-22-25-18-12-6-7-13-20(18)28-22/h1-13H,14H2,(H,23,24)(H,25,27)/b26-19+. The molecular weight excluding hydrogens is 366 g/mol. The third-order valence-corrected chi connectivity index (χ3v) is 5.40. The fourth-order valence-corrected chi connectivity index (χ4v) is 3.93. The van der Waals surface area contributed by atoms with Crippen molar-refractivity contribution in [2.75, 3.05) is 5.43 Å². The van der Waals surface area contributed by atoms with Gasteiger partial charge in [0.25, 0.3) is 0 Å². The summed E-state index contributed by atoms with van der Waals surface area (Å²) in [7, 11) is 0. The molecule has 6 heteroatoms. The van der Waals surface area contributed by atoms with Gasteiger partial charge in [-0.3, -0.25) is 5.43 Å². The number of hydrazone groups is 1. The maximum atomic E-state index is 4.69. The van der Waals surface area contributed by atoms with Gasteiger partial charge in [-0.2, -0.15) is 5.10 Å². The van der Waals surface area contributed by atoms with E-state index in [2.05, 4.69) is 38.7 Å². The number of para-hydroxylation sites is 3. The number of fused-ring (bicyclic) bond motifs is 2. The van der Waals surface area contributed by atoms with E-state index in [1.54, 1.807) is 11.3 Å². The average Bonchev–Trinajstić information content (AvgIpc) is 3.34. The van der Waals surface area contributed by atoms with Crippen LogP contribution in [0.5, 0.6) is 0 Å². The van der Waals surface area contributed by atoms with Gasteiger partial charge in [0.15, 0.2) is 0 Å². The minimum absolute atomic E-state index is 0.594. The van der Waals surface area contributed by atoms with Gasteiger partial charge >= 0.3 is 0 Å². The highest BCUT2D eigenvalue weighted by Gasteiger charge is 2.10. The van der Waals surface area contributed by atoms with Crippen molar-refractivity contribution < 1.29 is 0 Å². The smallest absolute Gasteiger partial charge is 0.204 e. The fraction of sp³-hybridized carbons (Fsp3) is 0.0455. The van der Waals surface area contributed by atoms with E-state index in [0.29, 0.717) is 6.42 Å². The van der Waals surface area contributed by atoms with Gasteiger partial charge in [0.05, 0.1) is 33.4 Å². The van der Waals surface area contributed by atoms with Gasteiger partial charge in [0.2, 0.25) is 5.13 Å². The Morgan fingerprint density at radius 1 is 0.857 bits per heavy atom. The molecule has 3 aromatic carbocycles. The Kier molecular flexibility index (Phi) is 4.31. The van der Waals surface area contributed by atoms with Crippen LogP contribution in [-0.2, 0) is 6.42 Å². The molecule has 5 rings (SSSR count). The van der Waals surface area contributed by atoms with Crippen molar-refractivity contribution in [2.24, 2.45) is 5.10 Å². The van der Waals surface area contributed by atoms with E-state index in [1.807, 2.05) is 60.7 Å². The van der Waals surface area contributed by atoms with E-state index >= 15 is 0 Å². The number of hydrogen-bond donors (Lipinski definition) is 2. The maximum Gasteiger partial charge on any atom is 0.204 e. The van der Waals surface area contributed by atoms with Crippen LogP contribution in [0.2, 0.25) is 0 Å². The number of nitrogens with one attached hydrogen (secondary N) is 2. The van der Waals surface area contributed by atoms with Gasteiger partial charge in [0, 0.05) is 0 Å². The van der Waals surface area contributed by atoms with Crippen molar-refractivity contribution in [3.05, 3.63) is 90.3 Å². The highest BCUT2D eigenvalue weighted by atomic mass is 32.1. The summed E-state index contributed by atoms with van der Waals surface area (Å²) in [6, 6.07) is 26.3. The molecule has 28 heavy (non-hydrogen) atoms. The van der Waals surface area contributed by atoms with Crippen LogP contribution in [0, 0.1) is 0 Å². The lowest BCUT2D eigenvalue weighted by atomic mass is 10.1. The van der Waals surface area contributed by atoms with Crippen molar-refractivity contribution in [1.29, 1.82) is 0 Å². The summed E-state index contributed by atoms with van der Waals surface area (Å²) in [5.74, 6) is 0.884. The van der Waals surface area contributed by atoms with E-state index in [0.717, 1.165) is 43.5 Å². The van der Waals surface area contributed by atoms with E-state index in [1.165, 1.54) is 0 Å². The van der Waals surface area contributed by atoms with E-state index in [-0.39, 0.29) is 0 Å². The molecule has 0 fully saturated rings. The van der Waals surface area contributed by atoms with Gasteiger partial charge in [-0.05, 0) is 29.8 Å². The topological polar surface area (TPSA) is 66.0 Å². The Morgan fingerprint density at radius 3 is 2.43 bits per heavy atom. The number of hydrogen-bond acceptors (Lipinski definition) is 5. The highest BCUT2D eigenvalue weighted by Crippen LogP contribution is 2.25. The Labute approximate surface area is 165 Å². The summed E-state index contributed by atoms with van der Waals surface area (Å²) >= 11 is 1.59. The molecule has 0 unspecified atom stereocenters.